The zero-order valence-corrected chi connectivity index (χ0v) is 23.0. The van der Waals surface area contributed by atoms with E-state index in [-0.39, 0.29) is 35.4 Å². The zero-order chi connectivity index (χ0) is 28.1. The van der Waals surface area contributed by atoms with Crippen LogP contribution in [0.1, 0.15) is 98.7 Å². The molecule has 0 saturated heterocycles. The number of cyclic esters (lactones) is 1. The van der Waals surface area contributed by atoms with E-state index in [2.05, 4.69) is 0 Å². The number of methoxy groups -OCH3 is 1. The van der Waals surface area contributed by atoms with Crippen LogP contribution in [0.4, 0.5) is 0 Å². The van der Waals surface area contributed by atoms with Crippen LogP contribution in [-0.4, -0.2) is 42.1 Å². The number of hydrogen-bond donors (Lipinski definition) is 1. The molecule has 1 N–H and O–H groups in total. The number of aromatic hydroxyl groups is 1. The molecular weight excluding hydrogens is 500 g/mol. The van der Waals surface area contributed by atoms with E-state index in [0.29, 0.717) is 66.7 Å². The number of esters is 2. The summed E-state index contributed by atoms with van der Waals surface area (Å²) in [6.45, 7) is 5.60. The molecule has 0 radical (unpaired) electrons. The van der Waals surface area contributed by atoms with Gasteiger partial charge in [-0.25, -0.2) is 4.79 Å². The second-order valence-electron chi connectivity index (χ2n) is 10.4. The third kappa shape index (κ3) is 6.61. The molecule has 2 aliphatic heterocycles. The van der Waals surface area contributed by atoms with E-state index < -0.39 is 24.0 Å². The van der Waals surface area contributed by atoms with Gasteiger partial charge < -0.3 is 24.1 Å². The second-order valence-corrected chi connectivity index (χ2v) is 10.4. The second kappa shape index (κ2) is 12.4. The zero-order valence-electron chi connectivity index (χ0n) is 23.0. The molecule has 0 bridgehead atoms. The molecule has 8 nitrogen and oxygen atoms in total. The first-order valence-corrected chi connectivity index (χ1v) is 13.5. The number of allylic oxidation sites excluding steroid dienone is 1. The van der Waals surface area contributed by atoms with Gasteiger partial charge >= 0.3 is 11.9 Å². The number of phenolic OH excluding ortho intramolecular Hbond substituents is 1. The molecule has 2 aliphatic rings. The number of ether oxygens (including phenoxy) is 4. The summed E-state index contributed by atoms with van der Waals surface area (Å²) in [5, 5.41) is 11.6. The van der Waals surface area contributed by atoms with E-state index in [1.807, 2.05) is 26.0 Å². The fraction of sp³-hybridized carbons (Fsp3) is 0.452. The van der Waals surface area contributed by atoms with Crippen molar-refractivity contribution in [3.05, 3.63) is 52.6 Å². The lowest BCUT2D eigenvalue weighted by Gasteiger charge is -2.28. The van der Waals surface area contributed by atoms with Gasteiger partial charge in [0.1, 0.15) is 22.8 Å². The maximum absolute atomic E-state index is 13.4. The van der Waals surface area contributed by atoms with Crippen molar-refractivity contribution in [2.24, 2.45) is 0 Å². The molecule has 0 fully saturated rings. The van der Waals surface area contributed by atoms with Crippen molar-refractivity contribution >= 4 is 23.8 Å². The van der Waals surface area contributed by atoms with Gasteiger partial charge in [-0.1, -0.05) is 18.2 Å². The summed E-state index contributed by atoms with van der Waals surface area (Å²) in [7, 11) is 1.54. The van der Waals surface area contributed by atoms with Crippen LogP contribution in [0.25, 0.3) is 6.08 Å². The van der Waals surface area contributed by atoms with Gasteiger partial charge in [-0.3, -0.25) is 9.59 Å². The van der Waals surface area contributed by atoms with Gasteiger partial charge in [0.05, 0.1) is 25.7 Å². The number of carbonyl (C=O) groups is 3. The van der Waals surface area contributed by atoms with Crippen LogP contribution in [0.15, 0.2) is 30.3 Å². The maximum atomic E-state index is 13.4. The fourth-order valence-corrected chi connectivity index (χ4v) is 5.06. The van der Waals surface area contributed by atoms with Gasteiger partial charge in [-0.2, -0.15) is 0 Å². The maximum Gasteiger partial charge on any atom is 0.342 e. The van der Waals surface area contributed by atoms with E-state index in [0.717, 1.165) is 0 Å². The minimum atomic E-state index is -0.667. The van der Waals surface area contributed by atoms with E-state index in [1.54, 1.807) is 31.2 Å². The Bertz CT molecular complexity index is 1280. The Labute approximate surface area is 228 Å². The first-order valence-electron chi connectivity index (χ1n) is 13.5. The number of carbonyl (C=O) groups excluding carboxylic acids is 3. The molecule has 2 aromatic rings. The SMILES string of the molecule is COc1cc([C@@H]2CC(=O)Oc3cc4c(c(O)c32)C(=O)O[C@@H](C)CCCC(=O)CCCC=C4)ccc1OC(C)C. The summed E-state index contributed by atoms with van der Waals surface area (Å²) >= 11 is 0. The summed E-state index contributed by atoms with van der Waals surface area (Å²) in [6, 6.07) is 6.97. The van der Waals surface area contributed by atoms with Crippen LogP contribution in [0.2, 0.25) is 0 Å². The lowest BCUT2D eigenvalue weighted by atomic mass is 9.83. The Balaban J connectivity index is 1.80. The minimum Gasteiger partial charge on any atom is -0.507 e. The van der Waals surface area contributed by atoms with E-state index in [1.165, 1.54) is 7.11 Å². The molecule has 4 rings (SSSR count). The molecule has 208 valence electrons. The highest BCUT2D eigenvalue weighted by molar-refractivity contribution is 5.98. The number of phenols is 1. The number of Topliss-reactive ketones (excluding diaryl/α,β-unsaturated/α-hetero) is 1. The van der Waals surface area contributed by atoms with Gasteiger partial charge in [-0.15, -0.1) is 0 Å². The first kappa shape index (κ1) is 28.2. The van der Waals surface area contributed by atoms with Crippen LogP contribution in [0.5, 0.6) is 23.0 Å². The van der Waals surface area contributed by atoms with Gasteiger partial charge in [0.15, 0.2) is 11.5 Å². The monoisotopic (exact) mass is 536 g/mol. The van der Waals surface area contributed by atoms with Crippen LogP contribution in [0.3, 0.4) is 0 Å². The molecule has 0 amide bonds. The first-order chi connectivity index (χ1) is 18.7. The molecule has 2 aromatic carbocycles. The van der Waals surface area contributed by atoms with Crippen molar-refractivity contribution in [2.75, 3.05) is 7.11 Å². The average molecular weight is 537 g/mol. The van der Waals surface area contributed by atoms with Gasteiger partial charge in [-0.05, 0) is 75.8 Å². The number of ketones is 1. The normalized spacial score (nSPS) is 20.4. The highest BCUT2D eigenvalue weighted by atomic mass is 16.5. The van der Waals surface area contributed by atoms with E-state index >= 15 is 0 Å². The van der Waals surface area contributed by atoms with Gasteiger partial charge in [0, 0.05) is 24.3 Å². The Morgan fingerprint density at radius 1 is 1.05 bits per heavy atom. The molecular formula is C31H36O8. The molecule has 2 heterocycles. The summed E-state index contributed by atoms with van der Waals surface area (Å²) < 4.78 is 22.6. The fourth-order valence-electron chi connectivity index (χ4n) is 5.06. The Hall–Kier alpha value is -3.81. The summed E-state index contributed by atoms with van der Waals surface area (Å²) in [4.78, 5) is 38.1. The smallest absolute Gasteiger partial charge is 0.342 e. The van der Waals surface area contributed by atoms with Gasteiger partial charge in [0.25, 0.3) is 0 Å². The largest absolute Gasteiger partial charge is 0.507 e. The van der Waals surface area contributed by atoms with Crippen LogP contribution in [-0.2, 0) is 14.3 Å². The molecule has 39 heavy (non-hydrogen) atoms. The van der Waals surface area contributed by atoms with Gasteiger partial charge in [0.2, 0.25) is 0 Å². The Morgan fingerprint density at radius 2 is 1.82 bits per heavy atom. The van der Waals surface area contributed by atoms with Crippen molar-refractivity contribution < 1.29 is 38.4 Å². The lowest BCUT2D eigenvalue weighted by molar-refractivity contribution is -0.135. The summed E-state index contributed by atoms with van der Waals surface area (Å²) in [5.74, 6) is -0.526. The lowest BCUT2D eigenvalue weighted by Crippen LogP contribution is -2.23. The molecule has 0 saturated carbocycles. The summed E-state index contributed by atoms with van der Waals surface area (Å²) in [5.41, 5.74) is 1.47. The third-order valence-electron chi connectivity index (χ3n) is 6.93. The number of fused-ring (bicyclic) bond motifs is 2. The van der Waals surface area contributed by atoms with E-state index in [9.17, 15) is 19.5 Å². The van der Waals surface area contributed by atoms with Crippen molar-refractivity contribution in [3.63, 3.8) is 0 Å². The van der Waals surface area contributed by atoms with Crippen LogP contribution >= 0.6 is 0 Å². The number of rotatable bonds is 4. The van der Waals surface area contributed by atoms with Crippen molar-refractivity contribution in [1.29, 1.82) is 0 Å². The van der Waals surface area contributed by atoms with Crippen molar-refractivity contribution in [3.8, 4) is 23.0 Å². The number of benzene rings is 2. The molecule has 8 heteroatoms. The average Bonchev–Trinajstić information content (AvgIpc) is 2.87. The van der Waals surface area contributed by atoms with Crippen molar-refractivity contribution in [2.45, 2.75) is 83.8 Å². The molecule has 0 aromatic heterocycles. The third-order valence-corrected chi connectivity index (χ3v) is 6.93. The number of hydrogen-bond acceptors (Lipinski definition) is 8. The summed E-state index contributed by atoms with van der Waals surface area (Å²) in [6.07, 6.45) is 6.46. The highest BCUT2D eigenvalue weighted by Gasteiger charge is 2.36. The van der Waals surface area contributed by atoms with Crippen molar-refractivity contribution in [1.82, 2.24) is 0 Å². The van der Waals surface area contributed by atoms with Crippen LogP contribution in [0, 0.1) is 0 Å². The quantitative estimate of drug-likeness (QED) is 0.368. The molecule has 0 spiro atoms. The molecule has 0 unspecified atom stereocenters. The van der Waals surface area contributed by atoms with Crippen LogP contribution < -0.4 is 14.2 Å². The molecule has 0 aliphatic carbocycles. The topological polar surface area (TPSA) is 108 Å². The highest BCUT2D eigenvalue weighted by Crippen LogP contribution is 2.48. The van der Waals surface area contributed by atoms with E-state index in [4.69, 9.17) is 18.9 Å². The molecule has 2 atom stereocenters. The predicted molar refractivity (Wildman–Crippen MR) is 146 cm³/mol. The Kier molecular flexibility index (Phi) is 8.94. The predicted octanol–water partition coefficient (Wildman–Crippen LogP) is 6.11. The minimum absolute atomic E-state index is 0.0256. The Morgan fingerprint density at radius 3 is 2.56 bits per heavy atom. The standard InChI is InChI=1S/C31H36O8/c1-18(2)37-24-14-13-20(15-25(24)36-4)23-17-27(33)39-26-16-21-10-6-5-7-11-22(32)12-8-9-19(3)38-31(35)28(21)30(34)29(23)26/h6,10,13-16,18-19,23,34H,5,7-9,11-12,17H2,1-4H3/t19-,23-/m0/s1.